The van der Waals surface area contributed by atoms with Gasteiger partial charge in [-0.1, -0.05) is 312 Å². The van der Waals surface area contributed by atoms with Crippen LogP contribution in [-0.4, -0.2) is 37.2 Å². The Balaban J connectivity index is 3.95. The van der Waals surface area contributed by atoms with E-state index in [9.17, 15) is 14.4 Å². The maximum Gasteiger partial charge on any atom is 0.306 e. The Kier molecular flexibility index (Phi) is 63.7. The molecule has 0 fully saturated rings. The summed E-state index contributed by atoms with van der Waals surface area (Å²) >= 11 is 0. The molecule has 0 amide bonds. The third-order valence-electron chi connectivity index (χ3n) is 14.9. The quantitative estimate of drug-likeness (QED) is 0.0261. The molecular weight excluding hydrogens is 961 g/mol. The number of allylic oxidation sites excluding steroid dienone is 12. The van der Waals surface area contributed by atoms with E-state index in [0.29, 0.717) is 19.3 Å². The molecule has 0 aromatic carbocycles. The van der Waals surface area contributed by atoms with Crippen molar-refractivity contribution in [3.63, 3.8) is 0 Å². The van der Waals surface area contributed by atoms with Crippen LogP contribution in [0.1, 0.15) is 348 Å². The van der Waals surface area contributed by atoms with E-state index in [-0.39, 0.29) is 31.1 Å². The van der Waals surface area contributed by atoms with Gasteiger partial charge in [0.25, 0.3) is 0 Å². The summed E-state index contributed by atoms with van der Waals surface area (Å²) in [6, 6.07) is 0. The van der Waals surface area contributed by atoms with Crippen molar-refractivity contribution in [1.82, 2.24) is 0 Å². The molecule has 0 N–H and O–H groups in total. The molecule has 0 saturated heterocycles. The molecule has 0 radical (unpaired) electrons. The normalized spacial score (nSPS) is 12.5. The van der Waals surface area contributed by atoms with Crippen molar-refractivity contribution in [3.8, 4) is 0 Å². The Morgan fingerprint density at radius 3 is 0.795 bits per heavy atom. The lowest BCUT2D eigenvalue weighted by atomic mass is 10.0. The van der Waals surface area contributed by atoms with E-state index < -0.39 is 6.10 Å². The fourth-order valence-electron chi connectivity index (χ4n) is 9.88. The van der Waals surface area contributed by atoms with Crippen LogP contribution in [0.25, 0.3) is 0 Å². The van der Waals surface area contributed by atoms with Crippen molar-refractivity contribution in [2.24, 2.45) is 0 Å². The summed E-state index contributed by atoms with van der Waals surface area (Å²) in [5.74, 6) is -0.865. The average Bonchev–Trinajstić information content (AvgIpc) is 3.44. The highest BCUT2D eigenvalue weighted by molar-refractivity contribution is 5.71. The van der Waals surface area contributed by atoms with E-state index in [1.54, 1.807) is 0 Å². The molecule has 0 rings (SSSR count). The molecule has 6 heteroatoms. The lowest BCUT2D eigenvalue weighted by Gasteiger charge is -2.18. The zero-order valence-corrected chi connectivity index (χ0v) is 51.9. The molecule has 78 heavy (non-hydrogen) atoms. The molecule has 1 atom stereocenters. The number of carbonyl (C=O) groups excluding carboxylic acids is 3. The van der Waals surface area contributed by atoms with Gasteiger partial charge in [-0.2, -0.15) is 0 Å². The minimum absolute atomic E-state index is 0.0708. The smallest absolute Gasteiger partial charge is 0.306 e. The molecule has 0 spiro atoms. The number of rotatable bonds is 62. The van der Waals surface area contributed by atoms with Gasteiger partial charge < -0.3 is 14.2 Å². The number of unbranched alkanes of at least 4 members (excludes halogenated alkanes) is 39. The fourth-order valence-corrected chi connectivity index (χ4v) is 9.88. The summed E-state index contributed by atoms with van der Waals surface area (Å²) < 4.78 is 16.8. The average molecular weight is 1090 g/mol. The zero-order chi connectivity index (χ0) is 56.4. The number of hydrogen-bond acceptors (Lipinski definition) is 6. The van der Waals surface area contributed by atoms with Gasteiger partial charge in [0.2, 0.25) is 0 Å². The molecule has 0 aliphatic carbocycles. The Morgan fingerprint density at radius 2 is 0.500 bits per heavy atom. The zero-order valence-electron chi connectivity index (χ0n) is 51.9. The van der Waals surface area contributed by atoms with Gasteiger partial charge in [-0.25, -0.2) is 0 Å². The molecule has 0 heterocycles. The SMILES string of the molecule is CC/C=C\C/C=C\C/C=C\C/C=C\C/C=C\CCCCCCCCCCCCCCCCCCCCCC(=O)OCC(COC(=O)CCCCCCCC)OC(=O)CCCCCCCCCCC/C=C\CCCCCCCC. The Bertz CT molecular complexity index is 1440. The van der Waals surface area contributed by atoms with Crippen molar-refractivity contribution < 1.29 is 28.6 Å². The molecule has 0 bridgehead atoms. The van der Waals surface area contributed by atoms with Crippen LogP contribution < -0.4 is 0 Å². The van der Waals surface area contributed by atoms with E-state index in [1.807, 2.05) is 0 Å². The molecular formula is C72H128O6. The Labute approximate surface area is 484 Å². The van der Waals surface area contributed by atoms with Crippen LogP contribution in [-0.2, 0) is 28.6 Å². The van der Waals surface area contributed by atoms with Gasteiger partial charge in [-0.15, -0.1) is 0 Å². The van der Waals surface area contributed by atoms with Crippen LogP contribution in [0.2, 0.25) is 0 Å². The minimum Gasteiger partial charge on any atom is -0.462 e. The monoisotopic (exact) mass is 1090 g/mol. The van der Waals surface area contributed by atoms with E-state index >= 15 is 0 Å². The van der Waals surface area contributed by atoms with Crippen molar-refractivity contribution in [2.75, 3.05) is 13.2 Å². The molecule has 452 valence electrons. The van der Waals surface area contributed by atoms with Crippen molar-refractivity contribution in [2.45, 2.75) is 354 Å². The highest BCUT2D eigenvalue weighted by atomic mass is 16.6. The number of carbonyl (C=O) groups is 3. The van der Waals surface area contributed by atoms with E-state index in [0.717, 1.165) is 89.9 Å². The highest BCUT2D eigenvalue weighted by Gasteiger charge is 2.19. The number of ether oxygens (including phenoxy) is 3. The first kappa shape index (κ1) is 74.8. The van der Waals surface area contributed by atoms with Gasteiger partial charge in [0.05, 0.1) is 0 Å². The van der Waals surface area contributed by atoms with Crippen LogP contribution in [0.15, 0.2) is 72.9 Å². The second-order valence-electron chi connectivity index (χ2n) is 22.7. The summed E-state index contributed by atoms with van der Waals surface area (Å²) in [7, 11) is 0. The Hall–Kier alpha value is -3.15. The van der Waals surface area contributed by atoms with Crippen molar-refractivity contribution in [3.05, 3.63) is 72.9 Å². The lowest BCUT2D eigenvalue weighted by molar-refractivity contribution is -0.167. The minimum atomic E-state index is -0.770. The highest BCUT2D eigenvalue weighted by Crippen LogP contribution is 2.17. The van der Waals surface area contributed by atoms with Gasteiger partial charge in [0, 0.05) is 19.3 Å². The van der Waals surface area contributed by atoms with Crippen LogP contribution in [0.5, 0.6) is 0 Å². The van der Waals surface area contributed by atoms with Crippen LogP contribution in [0.3, 0.4) is 0 Å². The van der Waals surface area contributed by atoms with Gasteiger partial charge >= 0.3 is 17.9 Å². The first-order valence-electron chi connectivity index (χ1n) is 33.9. The van der Waals surface area contributed by atoms with Gasteiger partial charge in [0.15, 0.2) is 6.10 Å². The van der Waals surface area contributed by atoms with Crippen molar-refractivity contribution in [1.29, 1.82) is 0 Å². The molecule has 0 aromatic rings. The maximum atomic E-state index is 12.8. The molecule has 0 saturated carbocycles. The van der Waals surface area contributed by atoms with E-state index in [4.69, 9.17) is 14.2 Å². The first-order chi connectivity index (χ1) is 38.5. The van der Waals surface area contributed by atoms with Gasteiger partial charge in [-0.3, -0.25) is 14.4 Å². The molecule has 0 aromatic heterocycles. The molecule has 0 aliphatic rings. The molecule has 6 nitrogen and oxygen atoms in total. The van der Waals surface area contributed by atoms with Gasteiger partial charge in [0.1, 0.15) is 13.2 Å². The molecule has 0 aliphatic heterocycles. The fraction of sp³-hybridized carbons (Fsp3) is 0.792. The second kappa shape index (κ2) is 66.4. The van der Waals surface area contributed by atoms with E-state index in [2.05, 4.69) is 93.7 Å². The predicted octanol–water partition coefficient (Wildman–Crippen LogP) is 23.3. The summed E-state index contributed by atoms with van der Waals surface area (Å²) in [5, 5.41) is 0. The first-order valence-corrected chi connectivity index (χ1v) is 33.9. The number of hydrogen-bond donors (Lipinski definition) is 0. The summed E-state index contributed by atoms with van der Waals surface area (Å²) in [6.45, 7) is 6.50. The van der Waals surface area contributed by atoms with Gasteiger partial charge in [-0.05, 0) is 89.9 Å². The third-order valence-corrected chi connectivity index (χ3v) is 14.9. The predicted molar refractivity (Wildman–Crippen MR) is 339 cm³/mol. The lowest BCUT2D eigenvalue weighted by Crippen LogP contribution is -2.30. The van der Waals surface area contributed by atoms with Crippen LogP contribution in [0, 0.1) is 0 Å². The Morgan fingerprint density at radius 1 is 0.269 bits per heavy atom. The summed E-state index contributed by atoms with van der Waals surface area (Å²) in [6.07, 6.45) is 86.8. The third kappa shape index (κ3) is 63.7. The maximum absolute atomic E-state index is 12.8. The van der Waals surface area contributed by atoms with Crippen LogP contribution >= 0.6 is 0 Å². The summed E-state index contributed by atoms with van der Waals surface area (Å²) in [5.41, 5.74) is 0. The standard InChI is InChI=1S/C72H128O6/c1-4-7-10-13-16-18-20-22-24-26-28-29-30-31-32-33-34-35-36-37-38-39-40-41-42-43-45-46-48-50-52-54-56-59-62-65-71(74)77-68-69(67-76-70(73)64-61-58-15-12-9-6-3)78-72(75)66-63-60-57-55-53-51-49-47-44-27-25-23-21-19-17-14-11-8-5-2/h7,10,16,18,22-25,28-29,31-32,69H,4-6,8-9,11-15,17,19-21,26-27,30,33-68H2,1-3H3/b10-7-,18-16-,24-22-,25-23-,29-28-,32-31-. The van der Waals surface area contributed by atoms with Crippen molar-refractivity contribution >= 4 is 17.9 Å². The second-order valence-corrected chi connectivity index (χ2v) is 22.7. The number of esters is 3. The topological polar surface area (TPSA) is 78.9 Å². The largest absolute Gasteiger partial charge is 0.462 e. The molecule has 1 unspecified atom stereocenters. The van der Waals surface area contributed by atoms with Crippen LogP contribution in [0.4, 0.5) is 0 Å². The summed E-state index contributed by atoms with van der Waals surface area (Å²) in [4.78, 5) is 38.0. The van der Waals surface area contributed by atoms with E-state index in [1.165, 1.54) is 218 Å².